The van der Waals surface area contributed by atoms with Crippen molar-refractivity contribution >= 4 is 0 Å². The number of allylic oxidation sites excluding steroid dienone is 1. The summed E-state index contributed by atoms with van der Waals surface area (Å²) in [6.45, 7) is 5.27. The molecule has 1 heteroatoms. The molecule has 1 nitrogen and oxygen atoms in total. The lowest BCUT2D eigenvalue weighted by Crippen LogP contribution is -1.81. The Bertz CT molecular complexity index is 111. The van der Waals surface area contributed by atoms with Crippen molar-refractivity contribution in [1.82, 2.24) is 0 Å². The molecular formula is C8H14O. The van der Waals surface area contributed by atoms with Crippen molar-refractivity contribution in [3.63, 3.8) is 0 Å². The standard InChI is InChI=1S/C8H14O/c1-3-7-5-6-9-8(7)4-2/h3-6H2,1-2H3. The summed E-state index contributed by atoms with van der Waals surface area (Å²) in [4.78, 5) is 0. The SMILES string of the molecule is CCC1=C(CC)OCC1. The van der Waals surface area contributed by atoms with Gasteiger partial charge >= 0.3 is 0 Å². The molecule has 0 N–H and O–H groups in total. The number of hydrogen-bond donors (Lipinski definition) is 0. The quantitative estimate of drug-likeness (QED) is 0.552. The minimum Gasteiger partial charge on any atom is -0.498 e. The Morgan fingerprint density at radius 1 is 1.33 bits per heavy atom. The maximum Gasteiger partial charge on any atom is 0.0950 e. The molecule has 0 aromatic carbocycles. The van der Waals surface area contributed by atoms with E-state index in [-0.39, 0.29) is 0 Å². The lowest BCUT2D eigenvalue weighted by atomic mass is 10.1. The Labute approximate surface area is 56.7 Å². The number of hydrogen-bond acceptors (Lipinski definition) is 1. The van der Waals surface area contributed by atoms with E-state index in [1.165, 1.54) is 24.2 Å². The van der Waals surface area contributed by atoms with E-state index in [0.29, 0.717) is 0 Å². The zero-order valence-corrected chi connectivity index (χ0v) is 6.24. The van der Waals surface area contributed by atoms with Crippen molar-refractivity contribution in [3.8, 4) is 0 Å². The molecule has 0 bridgehead atoms. The van der Waals surface area contributed by atoms with Crippen LogP contribution in [0, 0.1) is 0 Å². The van der Waals surface area contributed by atoms with Crippen molar-refractivity contribution in [2.75, 3.05) is 6.61 Å². The van der Waals surface area contributed by atoms with E-state index in [4.69, 9.17) is 4.74 Å². The van der Waals surface area contributed by atoms with E-state index in [1.54, 1.807) is 0 Å². The highest BCUT2D eigenvalue weighted by Gasteiger charge is 2.11. The first kappa shape index (κ1) is 6.66. The summed E-state index contributed by atoms with van der Waals surface area (Å²) in [5.74, 6) is 1.25. The molecule has 0 aromatic rings. The molecule has 1 heterocycles. The molecule has 0 amide bonds. The van der Waals surface area contributed by atoms with Gasteiger partial charge in [-0.05, 0) is 12.0 Å². The second kappa shape index (κ2) is 2.90. The number of ether oxygens (including phenoxy) is 1. The summed E-state index contributed by atoms with van der Waals surface area (Å²) in [5.41, 5.74) is 1.53. The van der Waals surface area contributed by atoms with Crippen molar-refractivity contribution in [2.45, 2.75) is 33.1 Å². The first-order valence-corrected chi connectivity index (χ1v) is 3.72. The van der Waals surface area contributed by atoms with E-state index in [2.05, 4.69) is 13.8 Å². The van der Waals surface area contributed by atoms with E-state index in [0.717, 1.165) is 13.0 Å². The summed E-state index contributed by atoms with van der Waals surface area (Å²) in [5, 5.41) is 0. The third-order valence-corrected chi connectivity index (χ3v) is 1.82. The van der Waals surface area contributed by atoms with Gasteiger partial charge in [0.1, 0.15) is 0 Å². The molecule has 0 saturated carbocycles. The highest BCUT2D eigenvalue weighted by molar-refractivity contribution is 5.11. The van der Waals surface area contributed by atoms with Crippen LogP contribution in [0.5, 0.6) is 0 Å². The molecule has 0 fully saturated rings. The minimum atomic E-state index is 0.923. The van der Waals surface area contributed by atoms with Crippen molar-refractivity contribution < 1.29 is 4.74 Å². The van der Waals surface area contributed by atoms with E-state index >= 15 is 0 Å². The van der Waals surface area contributed by atoms with Gasteiger partial charge in [0.2, 0.25) is 0 Å². The van der Waals surface area contributed by atoms with Crippen LogP contribution in [-0.4, -0.2) is 6.61 Å². The fourth-order valence-corrected chi connectivity index (χ4v) is 1.26. The van der Waals surface area contributed by atoms with Crippen molar-refractivity contribution in [2.24, 2.45) is 0 Å². The molecule has 1 aliphatic heterocycles. The highest BCUT2D eigenvalue weighted by Crippen LogP contribution is 2.23. The Kier molecular flexibility index (Phi) is 2.15. The molecule has 0 atom stereocenters. The first-order valence-electron chi connectivity index (χ1n) is 3.72. The van der Waals surface area contributed by atoms with Gasteiger partial charge in [-0.15, -0.1) is 0 Å². The van der Waals surface area contributed by atoms with Crippen molar-refractivity contribution in [1.29, 1.82) is 0 Å². The van der Waals surface area contributed by atoms with E-state index < -0.39 is 0 Å². The third-order valence-electron chi connectivity index (χ3n) is 1.82. The fourth-order valence-electron chi connectivity index (χ4n) is 1.26. The van der Waals surface area contributed by atoms with Gasteiger partial charge < -0.3 is 4.74 Å². The molecule has 0 unspecified atom stereocenters. The maximum atomic E-state index is 5.39. The molecule has 0 saturated heterocycles. The van der Waals surface area contributed by atoms with Crippen LogP contribution in [0.15, 0.2) is 11.3 Å². The zero-order valence-electron chi connectivity index (χ0n) is 6.24. The van der Waals surface area contributed by atoms with Crippen LogP contribution in [0.25, 0.3) is 0 Å². The lowest BCUT2D eigenvalue weighted by molar-refractivity contribution is 0.236. The normalized spacial score (nSPS) is 18.4. The summed E-state index contributed by atoms with van der Waals surface area (Å²) < 4.78 is 5.39. The second-order valence-electron chi connectivity index (χ2n) is 2.33. The molecule has 1 rings (SSSR count). The average Bonchev–Trinajstić information content (AvgIpc) is 2.33. The monoisotopic (exact) mass is 126 g/mol. The molecule has 52 valence electrons. The van der Waals surface area contributed by atoms with Gasteiger partial charge in [-0.25, -0.2) is 0 Å². The van der Waals surface area contributed by atoms with Crippen LogP contribution >= 0.6 is 0 Å². The van der Waals surface area contributed by atoms with E-state index in [9.17, 15) is 0 Å². The summed E-state index contributed by atoms with van der Waals surface area (Å²) in [6.07, 6.45) is 3.41. The molecule has 9 heavy (non-hydrogen) atoms. The van der Waals surface area contributed by atoms with Crippen LogP contribution in [-0.2, 0) is 4.74 Å². The first-order chi connectivity index (χ1) is 4.38. The zero-order chi connectivity index (χ0) is 6.69. The van der Waals surface area contributed by atoms with Gasteiger partial charge in [0.15, 0.2) is 0 Å². The summed E-state index contributed by atoms with van der Waals surface area (Å²) in [6, 6.07) is 0. The van der Waals surface area contributed by atoms with Gasteiger partial charge in [0.25, 0.3) is 0 Å². The van der Waals surface area contributed by atoms with Crippen LogP contribution < -0.4 is 0 Å². The predicted octanol–water partition coefficient (Wildman–Crippen LogP) is 2.48. The van der Waals surface area contributed by atoms with E-state index in [1.807, 2.05) is 0 Å². The second-order valence-corrected chi connectivity index (χ2v) is 2.33. The third kappa shape index (κ3) is 1.26. The highest BCUT2D eigenvalue weighted by atomic mass is 16.5. The van der Waals surface area contributed by atoms with Crippen LogP contribution in [0.2, 0.25) is 0 Å². The maximum absolute atomic E-state index is 5.39. The van der Waals surface area contributed by atoms with Gasteiger partial charge in [-0.1, -0.05) is 13.8 Å². The molecule has 0 radical (unpaired) electrons. The Morgan fingerprint density at radius 3 is 2.56 bits per heavy atom. The Hall–Kier alpha value is -0.460. The Morgan fingerprint density at radius 2 is 2.11 bits per heavy atom. The van der Waals surface area contributed by atoms with Crippen LogP contribution in [0.1, 0.15) is 33.1 Å². The topological polar surface area (TPSA) is 9.23 Å². The van der Waals surface area contributed by atoms with Crippen LogP contribution in [0.4, 0.5) is 0 Å². The molecule has 1 aliphatic rings. The summed E-state index contributed by atoms with van der Waals surface area (Å²) >= 11 is 0. The molecular weight excluding hydrogens is 112 g/mol. The smallest absolute Gasteiger partial charge is 0.0950 e. The Balaban J connectivity index is 2.59. The van der Waals surface area contributed by atoms with Gasteiger partial charge in [0.05, 0.1) is 12.4 Å². The molecule has 0 spiro atoms. The fraction of sp³-hybridized carbons (Fsp3) is 0.750. The largest absolute Gasteiger partial charge is 0.498 e. The lowest BCUT2D eigenvalue weighted by Gasteiger charge is -1.99. The summed E-state index contributed by atoms with van der Waals surface area (Å²) in [7, 11) is 0. The van der Waals surface area contributed by atoms with Gasteiger partial charge in [0, 0.05) is 12.8 Å². The van der Waals surface area contributed by atoms with Crippen LogP contribution in [0.3, 0.4) is 0 Å². The number of rotatable bonds is 2. The minimum absolute atomic E-state index is 0.923. The van der Waals surface area contributed by atoms with Gasteiger partial charge in [-0.3, -0.25) is 0 Å². The molecule has 0 aromatic heterocycles. The van der Waals surface area contributed by atoms with Gasteiger partial charge in [-0.2, -0.15) is 0 Å². The predicted molar refractivity (Wildman–Crippen MR) is 38.2 cm³/mol. The average molecular weight is 126 g/mol. The molecule has 0 aliphatic carbocycles. The van der Waals surface area contributed by atoms with Crippen molar-refractivity contribution in [3.05, 3.63) is 11.3 Å².